The summed E-state index contributed by atoms with van der Waals surface area (Å²) in [5.74, 6) is 0.216. The Morgan fingerprint density at radius 3 is 2.67 bits per heavy atom. The van der Waals surface area contributed by atoms with Crippen molar-refractivity contribution in [3.63, 3.8) is 0 Å². The summed E-state index contributed by atoms with van der Waals surface area (Å²) in [6.07, 6.45) is 3.41. The van der Waals surface area contributed by atoms with E-state index >= 15 is 0 Å². The molecule has 15 heavy (non-hydrogen) atoms. The molecule has 2 aliphatic heterocycles. The number of nitrogens with zero attached hydrogens (tertiary/aromatic N) is 1. The van der Waals surface area contributed by atoms with Gasteiger partial charge in [-0.05, 0) is 31.4 Å². The van der Waals surface area contributed by atoms with Gasteiger partial charge in [-0.1, -0.05) is 0 Å². The smallest absolute Gasteiger partial charge is 0.326 e. The summed E-state index contributed by atoms with van der Waals surface area (Å²) in [6, 6.07) is -0.571. The topological polar surface area (TPSA) is 57.6 Å². The highest BCUT2D eigenvalue weighted by Crippen LogP contribution is 2.30. The highest BCUT2D eigenvalue weighted by Gasteiger charge is 2.37. The van der Waals surface area contributed by atoms with Crippen LogP contribution in [-0.2, 0) is 9.59 Å². The quantitative estimate of drug-likeness (QED) is 0.766. The lowest BCUT2D eigenvalue weighted by Crippen LogP contribution is -2.44. The minimum absolute atomic E-state index is 0.0185. The van der Waals surface area contributed by atoms with Gasteiger partial charge < -0.3 is 10.0 Å². The van der Waals surface area contributed by atoms with Crippen LogP contribution in [-0.4, -0.2) is 45.5 Å². The number of thioether (sulfide) groups is 1. The Kier molecular flexibility index (Phi) is 3.19. The molecular weight excluding hydrogens is 214 g/mol. The maximum atomic E-state index is 12.0. The Morgan fingerprint density at radius 1 is 1.27 bits per heavy atom. The zero-order valence-electron chi connectivity index (χ0n) is 8.52. The second kappa shape index (κ2) is 4.43. The van der Waals surface area contributed by atoms with Crippen LogP contribution in [0.15, 0.2) is 0 Å². The first-order chi connectivity index (χ1) is 7.20. The molecular formula is C10H15NO3S. The minimum atomic E-state index is -0.858. The molecule has 5 heteroatoms. The molecule has 1 amide bonds. The van der Waals surface area contributed by atoms with Crippen LogP contribution in [0.5, 0.6) is 0 Å². The molecule has 0 aromatic carbocycles. The first-order valence-electron chi connectivity index (χ1n) is 5.35. The monoisotopic (exact) mass is 229 g/mol. The van der Waals surface area contributed by atoms with Gasteiger partial charge in [0.1, 0.15) is 6.04 Å². The van der Waals surface area contributed by atoms with Crippen LogP contribution in [0.1, 0.15) is 25.7 Å². The maximum Gasteiger partial charge on any atom is 0.326 e. The van der Waals surface area contributed by atoms with Crippen molar-refractivity contribution in [1.29, 1.82) is 0 Å². The number of aliphatic carboxylic acids is 1. The summed E-state index contributed by atoms with van der Waals surface area (Å²) in [4.78, 5) is 24.5. The number of hydrogen-bond donors (Lipinski definition) is 1. The van der Waals surface area contributed by atoms with Crippen molar-refractivity contribution in [3.8, 4) is 0 Å². The molecule has 0 saturated carbocycles. The van der Waals surface area contributed by atoms with Crippen molar-refractivity contribution < 1.29 is 14.7 Å². The summed E-state index contributed by atoms with van der Waals surface area (Å²) < 4.78 is 0. The molecule has 0 aromatic rings. The fourth-order valence-electron chi connectivity index (χ4n) is 2.24. The number of amides is 1. The van der Waals surface area contributed by atoms with Gasteiger partial charge >= 0.3 is 5.97 Å². The summed E-state index contributed by atoms with van der Waals surface area (Å²) in [7, 11) is 0. The summed E-state index contributed by atoms with van der Waals surface area (Å²) in [6.45, 7) is 0.618. The third-order valence-corrected chi connectivity index (χ3v) is 4.39. The number of rotatable bonds is 2. The van der Waals surface area contributed by atoms with E-state index in [1.807, 2.05) is 0 Å². The molecule has 4 nitrogen and oxygen atoms in total. The Balaban J connectivity index is 2.02. The van der Waals surface area contributed by atoms with Crippen molar-refractivity contribution in [2.45, 2.75) is 37.0 Å². The molecule has 0 spiro atoms. The van der Waals surface area contributed by atoms with E-state index in [2.05, 4.69) is 0 Å². The normalized spacial score (nSPS) is 30.8. The molecule has 0 bridgehead atoms. The summed E-state index contributed by atoms with van der Waals surface area (Å²) >= 11 is 1.67. The molecule has 2 atom stereocenters. The lowest BCUT2D eigenvalue weighted by atomic mass is 10.2. The molecule has 2 saturated heterocycles. The number of carbonyl (C=O) groups excluding carboxylic acids is 1. The Bertz CT molecular complexity index is 276. The number of hydrogen-bond acceptors (Lipinski definition) is 3. The zero-order valence-corrected chi connectivity index (χ0v) is 9.33. The predicted octanol–water partition coefficient (Wildman–Crippen LogP) is 0.958. The average Bonchev–Trinajstić information content (AvgIpc) is 2.88. The Labute approximate surface area is 93.0 Å². The largest absolute Gasteiger partial charge is 0.480 e. The highest BCUT2D eigenvalue weighted by molar-refractivity contribution is 8.00. The van der Waals surface area contributed by atoms with Gasteiger partial charge in [0.2, 0.25) is 5.91 Å². The van der Waals surface area contributed by atoms with Crippen molar-refractivity contribution in [1.82, 2.24) is 4.90 Å². The zero-order chi connectivity index (χ0) is 10.8. The first kappa shape index (κ1) is 10.8. The number of carbonyl (C=O) groups is 2. The number of carboxylic acids is 1. The van der Waals surface area contributed by atoms with E-state index < -0.39 is 12.0 Å². The molecule has 1 N–H and O–H groups in total. The fraction of sp³-hybridized carbons (Fsp3) is 0.800. The third-order valence-electron chi connectivity index (χ3n) is 3.03. The summed E-state index contributed by atoms with van der Waals surface area (Å²) in [5, 5.41) is 8.99. The second-order valence-corrected chi connectivity index (χ2v) is 5.34. The lowest BCUT2D eigenvalue weighted by molar-refractivity contribution is -0.148. The Morgan fingerprint density at radius 2 is 2.07 bits per heavy atom. The van der Waals surface area contributed by atoms with E-state index in [9.17, 15) is 9.59 Å². The van der Waals surface area contributed by atoms with E-state index in [4.69, 9.17) is 5.11 Å². The maximum absolute atomic E-state index is 12.0. The van der Waals surface area contributed by atoms with Gasteiger partial charge in [-0.25, -0.2) is 4.79 Å². The van der Waals surface area contributed by atoms with Crippen molar-refractivity contribution in [2.24, 2.45) is 0 Å². The van der Waals surface area contributed by atoms with Gasteiger partial charge in [-0.2, -0.15) is 0 Å². The van der Waals surface area contributed by atoms with Crippen molar-refractivity contribution >= 4 is 23.6 Å². The predicted molar refractivity (Wildman–Crippen MR) is 57.9 cm³/mol. The molecule has 2 rings (SSSR count). The van der Waals surface area contributed by atoms with E-state index in [1.54, 1.807) is 16.7 Å². The van der Waals surface area contributed by atoms with Gasteiger partial charge in [0.15, 0.2) is 0 Å². The summed E-state index contributed by atoms with van der Waals surface area (Å²) in [5.41, 5.74) is 0. The lowest BCUT2D eigenvalue weighted by Gasteiger charge is -2.24. The van der Waals surface area contributed by atoms with Crippen molar-refractivity contribution in [3.05, 3.63) is 0 Å². The number of likely N-dealkylation sites (tertiary alicyclic amines) is 1. The van der Waals surface area contributed by atoms with Gasteiger partial charge in [0.25, 0.3) is 0 Å². The SMILES string of the molecule is O=C(O)[C@H]1CCCN1C(=O)C1CCCS1. The highest BCUT2D eigenvalue weighted by atomic mass is 32.2. The molecule has 2 fully saturated rings. The van der Waals surface area contributed by atoms with Crippen LogP contribution in [0.3, 0.4) is 0 Å². The van der Waals surface area contributed by atoms with Gasteiger partial charge in [-0.3, -0.25) is 4.79 Å². The van der Waals surface area contributed by atoms with Crippen LogP contribution in [0.25, 0.3) is 0 Å². The van der Waals surface area contributed by atoms with Crippen LogP contribution in [0, 0.1) is 0 Å². The molecule has 84 valence electrons. The molecule has 1 unspecified atom stereocenters. The Hall–Kier alpha value is -0.710. The minimum Gasteiger partial charge on any atom is -0.480 e. The van der Waals surface area contributed by atoms with E-state index in [1.165, 1.54) is 0 Å². The van der Waals surface area contributed by atoms with Gasteiger partial charge in [0.05, 0.1) is 5.25 Å². The number of carboxylic acid groups (broad SMARTS) is 1. The van der Waals surface area contributed by atoms with Crippen molar-refractivity contribution in [2.75, 3.05) is 12.3 Å². The van der Waals surface area contributed by atoms with E-state index in [-0.39, 0.29) is 11.2 Å². The standard InChI is InChI=1S/C10H15NO3S/c12-9(8-4-2-6-15-8)11-5-1-3-7(11)10(13)14/h7-8H,1-6H2,(H,13,14)/t7-,8?/m1/s1. The second-order valence-electron chi connectivity index (χ2n) is 4.03. The molecule has 2 aliphatic rings. The molecule has 0 aliphatic carbocycles. The molecule has 0 aromatic heterocycles. The van der Waals surface area contributed by atoms with Crippen LogP contribution >= 0.6 is 11.8 Å². The average molecular weight is 229 g/mol. The molecule has 2 heterocycles. The fourth-order valence-corrected chi connectivity index (χ4v) is 3.47. The van der Waals surface area contributed by atoms with Gasteiger partial charge in [0, 0.05) is 6.54 Å². The van der Waals surface area contributed by atoms with E-state index in [0.717, 1.165) is 25.0 Å². The van der Waals surface area contributed by atoms with Gasteiger partial charge in [-0.15, -0.1) is 11.8 Å². The first-order valence-corrected chi connectivity index (χ1v) is 6.40. The third kappa shape index (κ3) is 2.12. The van der Waals surface area contributed by atoms with Crippen LogP contribution in [0.2, 0.25) is 0 Å². The van der Waals surface area contributed by atoms with Crippen LogP contribution in [0.4, 0.5) is 0 Å². The molecule has 0 radical (unpaired) electrons. The van der Waals surface area contributed by atoms with E-state index in [0.29, 0.717) is 13.0 Å². The van der Waals surface area contributed by atoms with Crippen LogP contribution < -0.4 is 0 Å².